The first-order chi connectivity index (χ1) is 14.7. The zero-order valence-corrected chi connectivity index (χ0v) is 19.4. The first kappa shape index (κ1) is 24.3. The Bertz CT molecular complexity index is 933. The quantitative estimate of drug-likeness (QED) is 0.339. The van der Waals surface area contributed by atoms with E-state index in [1.54, 1.807) is 48.5 Å². The lowest BCUT2D eigenvalue weighted by Crippen LogP contribution is -2.49. The summed E-state index contributed by atoms with van der Waals surface area (Å²) in [6, 6.07) is 13.4. The number of ether oxygens (including phenoxy) is 1. The summed E-state index contributed by atoms with van der Waals surface area (Å²) in [6.07, 6.45) is 0.420. The molecule has 0 aliphatic heterocycles. The number of carbonyl (C=O) groups is 3. The van der Waals surface area contributed by atoms with E-state index in [1.807, 2.05) is 13.8 Å². The Kier molecular flexibility index (Phi) is 9.41. The zero-order chi connectivity index (χ0) is 22.8. The monoisotopic (exact) mass is 506 g/mol. The minimum Gasteiger partial charge on any atom is -0.484 e. The van der Waals surface area contributed by atoms with E-state index in [2.05, 4.69) is 37.4 Å². The van der Waals surface area contributed by atoms with Crippen molar-refractivity contribution in [3.8, 4) is 5.75 Å². The number of carbonyl (C=O) groups excluding carboxylic acids is 3. The highest BCUT2D eigenvalue weighted by atomic mass is 79.9. The molecule has 0 aromatic heterocycles. The normalized spacial score (nSPS) is 10.2. The van der Waals surface area contributed by atoms with Gasteiger partial charge in [0.15, 0.2) is 11.7 Å². The Morgan fingerprint density at radius 2 is 1.61 bits per heavy atom. The van der Waals surface area contributed by atoms with Gasteiger partial charge >= 0.3 is 0 Å². The van der Waals surface area contributed by atoms with Crippen molar-refractivity contribution in [1.82, 2.24) is 16.2 Å². The van der Waals surface area contributed by atoms with E-state index in [4.69, 9.17) is 17.0 Å². The fourth-order valence-electron chi connectivity index (χ4n) is 2.35. The van der Waals surface area contributed by atoms with Gasteiger partial charge < -0.3 is 10.1 Å². The van der Waals surface area contributed by atoms with Crippen LogP contribution in [0.3, 0.4) is 0 Å². The van der Waals surface area contributed by atoms with Crippen LogP contribution in [-0.4, -0.2) is 29.4 Å². The van der Waals surface area contributed by atoms with Gasteiger partial charge in [-0.3, -0.25) is 30.6 Å². The predicted molar refractivity (Wildman–Crippen MR) is 126 cm³/mol. The van der Waals surface area contributed by atoms with Crippen molar-refractivity contribution < 1.29 is 19.1 Å². The Morgan fingerprint density at radius 3 is 2.23 bits per heavy atom. The van der Waals surface area contributed by atoms with Crippen molar-refractivity contribution in [2.45, 2.75) is 20.3 Å². The highest BCUT2D eigenvalue weighted by Gasteiger charge is 2.10. The second kappa shape index (κ2) is 12.0. The summed E-state index contributed by atoms with van der Waals surface area (Å²) < 4.78 is 6.24. The third-order valence-electron chi connectivity index (χ3n) is 3.75. The van der Waals surface area contributed by atoms with Gasteiger partial charge in [0.05, 0.1) is 0 Å². The smallest absolute Gasteiger partial charge is 0.269 e. The van der Waals surface area contributed by atoms with Gasteiger partial charge in [-0.25, -0.2) is 0 Å². The van der Waals surface area contributed by atoms with Crippen molar-refractivity contribution in [1.29, 1.82) is 0 Å². The number of nitrogens with one attached hydrogen (secondary N) is 4. The summed E-state index contributed by atoms with van der Waals surface area (Å²) in [6.45, 7) is 3.69. The van der Waals surface area contributed by atoms with Crippen molar-refractivity contribution in [3.05, 3.63) is 58.6 Å². The zero-order valence-electron chi connectivity index (χ0n) is 17.0. The first-order valence-electron chi connectivity index (χ1n) is 9.41. The number of amides is 3. The van der Waals surface area contributed by atoms with Gasteiger partial charge in [-0.1, -0.05) is 29.8 Å². The van der Waals surface area contributed by atoms with Crippen LogP contribution >= 0.6 is 28.1 Å². The Labute approximate surface area is 194 Å². The van der Waals surface area contributed by atoms with Crippen LogP contribution in [0.4, 0.5) is 5.69 Å². The number of thiocarbonyl (C=S) groups is 1. The lowest BCUT2D eigenvalue weighted by atomic mass is 10.1. The van der Waals surface area contributed by atoms with E-state index >= 15 is 0 Å². The molecule has 0 bridgehead atoms. The molecule has 0 radical (unpaired) electrons. The second-order valence-electron chi connectivity index (χ2n) is 6.92. The predicted octanol–water partition coefficient (Wildman–Crippen LogP) is 3.15. The maximum absolute atomic E-state index is 12.2. The third kappa shape index (κ3) is 9.14. The highest BCUT2D eigenvalue weighted by Crippen LogP contribution is 2.15. The van der Waals surface area contributed by atoms with Crippen LogP contribution in [0.5, 0.6) is 5.75 Å². The molecule has 4 N–H and O–H groups in total. The molecule has 0 aliphatic carbocycles. The minimum absolute atomic E-state index is 0.0738. The average molecular weight is 507 g/mol. The summed E-state index contributed by atoms with van der Waals surface area (Å²) in [5.74, 6) is -0.222. The molecule has 2 rings (SSSR count). The molecule has 0 unspecified atom stereocenters. The van der Waals surface area contributed by atoms with Crippen LogP contribution < -0.4 is 26.2 Å². The van der Waals surface area contributed by atoms with Gasteiger partial charge in [0.1, 0.15) is 5.75 Å². The molecule has 3 amide bonds. The molecular formula is C21H23BrN4O4S. The molecule has 0 fully saturated rings. The molecule has 0 spiro atoms. The summed E-state index contributed by atoms with van der Waals surface area (Å²) in [5.41, 5.74) is 5.80. The number of benzene rings is 2. The van der Waals surface area contributed by atoms with Gasteiger partial charge in [-0.15, -0.1) is 0 Å². The number of hydrogen-bond donors (Lipinski definition) is 4. The SMILES string of the molecule is CC(C)CC(=O)Nc1ccc(C(=O)NNC(=S)NC(=O)COc2ccc(Br)cc2)cc1. The molecule has 8 nitrogen and oxygen atoms in total. The molecule has 0 atom stereocenters. The lowest BCUT2D eigenvalue weighted by Gasteiger charge is -2.12. The van der Waals surface area contributed by atoms with Crippen molar-refractivity contribution in [2.24, 2.45) is 5.92 Å². The van der Waals surface area contributed by atoms with Gasteiger partial charge in [-0.05, 0) is 66.7 Å². The maximum Gasteiger partial charge on any atom is 0.269 e. The Hall–Kier alpha value is -2.98. The van der Waals surface area contributed by atoms with Gasteiger partial charge in [-0.2, -0.15) is 0 Å². The van der Waals surface area contributed by atoms with E-state index in [0.29, 0.717) is 23.4 Å². The molecule has 31 heavy (non-hydrogen) atoms. The van der Waals surface area contributed by atoms with E-state index in [-0.39, 0.29) is 23.5 Å². The molecule has 2 aromatic rings. The maximum atomic E-state index is 12.2. The molecule has 0 saturated carbocycles. The van der Waals surface area contributed by atoms with Crippen LogP contribution in [0.1, 0.15) is 30.6 Å². The highest BCUT2D eigenvalue weighted by molar-refractivity contribution is 9.10. The fraction of sp³-hybridized carbons (Fsp3) is 0.238. The number of rotatable bonds is 7. The van der Waals surface area contributed by atoms with Crippen LogP contribution in [0.25, 0.3) is 0 Å². The molecular weight excluding hydrogens is 484 g/mol. The molecule has 0 saturated heterocycles. The van der Waals surface area contributed by atoms with E-state index in [9.17, 15) is 14.4 Å². The van der Waals surface area contributed by atoms with Crippen LogP contribution in [0.2, 0.25) is 0 Å². The van der Waals surface area contributed by atoms with Crippen molar-refractivity contribution in [2.75, 3.05) is 11.9 Å². The van der Waals surface area contributed by atoms with Crippen LogP contribution in [0.15, 0.2) is 53.0 Å². The standard InChI is InChI=1S/C21H23BrN4O4S/c1-13(2)11-18(27)23-16-7-3-14(4-8-16)20(29)25-26-21(31)24-19(28)12-30-17-9-5-15(22)6-10-17/h3-10,13H,11-12H2,1-2H3,(H,23,27)(H,25,29)(H2,24,26,28,31). The van der Waals surface area contributed by atoms with E-state index < -0.39 is 11.8 Å². The largest absolute Gasteiger partial charge is 0.484 e. The molecule has 0 aliphatic rings. The van der Waals surface area contributed by atoms with Crippen molar-refractivity contribution >= 4 is 56.7 Å². The summed E-state index contributed by atoms with van der Waals surface area (Å²) >= 11 is 8.30. The number of anilines is 1. The summed E-state index contributed by atoms with van der Waals surface area (Å²) in [5, 5.41) is 5.09. The molecule has 2 aromatic carbocycles. The van der Waals surface area contributed by atoms with Crippen LogP contribution in [-0.2, 0) is 9.59 Å². The topological polar surface area (TPSA) is 109 Å². The average Bonchev–Trinajstić information content (AvgIpc) is 2.71. The summed E-state index contributed by atoms with van der Waals surface area (Å²) in [4.78, 5) is 35.9. The molecule has 164 valence electrons. The number of hydrogen-bond acceptors (Lipinski definition) is 5. The lowest BCUT2D eigenvalue weighted by molar-refractivity contribution is -0.121. The van der Waals surface area contributed by atoms with E-state index in [1.165, 1.54) is 0 Å². The van der Waals surface area contributed by atoms with Gasteiger partial charge in [0.25, 0.3) is 11.8 Å². The Morgan fingerprint density at radius 1 is 0.968 bits per heavy atom. The van der Waals surface area contributed by atoms with Gasteiger partial charge in [0.2, 0.25) is 5.91 Å². The summed E-state index contributed by atoms with van der Waals surface area (Å²) in [7, 11) is 0. The van der Waals surface area contributed by atoms with Gasteiger partial charge in [0, 0.05) is 22.1 Å². The van der Waals surface area contributed by atoms with Crippen LogP contribution in [0, 0.1) is 5.92 Å². The first-order valence-corrected chi connectivity index (χ1v) is 10.6. The van der Waals surface area contributed by atoms with E-state index in [0.717, 1.165) is 4.47 Å². The fourth-order valence-corrected chi connectivity index (χ4v) is 2.78. The molecule has 0 heterocycles. The number of halogens is 1. The minimum atomic E-state index is -0.476. The van der Waals surface area contributed by atoms with Crippen molar-refractivity contribution in [3.63, 3.8) is 0 Å². The second-order valence-corrected chi connectivity index (χ2v) is 8.25. The number of hydrazine groups is 1. The molecule has 10 heteroatoms. The third-order valence-corrected chi connectivity index (χ3v) is 4.48. The Balaban J connectivity index is 1.73.